The van der Waals surface area contributed by atoms with E-state index < -0.39 is 0 Å². The van der Waals surface area contributed by atoms with Crippen LogP contribution in [0.2, 0.25) is 5.02 Å². The molecule has 0 aromatic carbocycles. The average Bonchev–Trinajstić information content (AvgIpc) is 2.48. The topological polar surface area (TPSA) is 59.4 Å². The van der Waals surface area contributed by atoms with Crippen molar-refractivity contribution in [2.75, 3.05) is 38.2 Å². The molecule has 1 saturated heterocycles. The van der Waals surface area contributed by atoms with Crippen LogP contribution in [0, 0.1) is 0 Å². The number of hydrogen-bond donors (Lipinski definition) is 1. The highest BCUT2D eigenvalue weighted by Crippen LogP contribution is 2.16. The van der Waals surface area contributed by atoms with Crippen LogP contribution in [0.4, 0.5) is 5.69 Å². The molecule has 1 aromatic heterocycles. The van der Waals surface area contributed by atoms with E-state index in [9.17, 15) is 4.79 Å². The highest BCUT2D eigenvalue weighted by atomic mass is 35.5. The van der Waals surface area contributed by atoms with Crippen LogP contribution in [-0.2, 0) is 11.3 Å². The van der Waals surface area contributed by atoms with Crippen LogP contribution in [0.3, 0.4) is 0 Å². The van der Waals surface area contributed by atoms with Crippen LogP contribution in [0.25, 0.3) is 0 Å². The standard InChI is InChI=1S/C14H21ClN4O2/c1-3-4-19-14(20)13(15)12(9-16-19)17-11(2)10-18-5-7-21-8-6-18/h3,9,11,17H,1,4-8,10H2,2H3. The highest BCUT2D eigenvalue weighted by Gasteiger charge is 2.15. The Morgan fingerprint density at radius 1 is 1.57 bits per heavy atom. The number of anilines is 1. The quantitative estimate of drug-likeness (QED) is 0.800. The number of nitrogens with one attached hydrogen (secondary N) is 1. The predicted molar refractivity (Wildman–Crippen MR) is 84.0 cm³/mol. The summed E-state index contributed by atoms with van der Waals surface area (Å²) >= 11 is 6.12. The maximum absolute atomic E-state index is 12.0. The molecule has 0 amide bonds. The number of halogens is 1. The van der Waals surface area contributed by atoms with Gasteiger partial charge in [0.2, 0.25) is 0 Å². The van der Waals surface area contributed by atoms with Crippen molar-refractivity contribution in [3.63, 3.8) is 0 Å². The van der Waals surface area contributed by atoms with E-state index in [1.807, 2.05) is 0 Å². The van der Waals surface area contributed by atoms with Crippen LogP contribution in [-0.4, -0.2) is 53.6 Å². The minimum absolute atomic E-state index is 0.164. The van der Waals surface area contributed by atoms with Gasteiger partial charge in [-0.15, -0.1) is 6.58 Å². The second-order valence-corrected chi connectivity index (χ2v) is 5.48. The normalized spacial score (nSPS) is 17.4. The molecule has 2 rings (SSSR count). The second-order valence-electron chi connectivity index (χ2n) is 5.11. The summed E-state index contributed by atoms with van der Waals surface area (Å²) in [6.45, 7) is 10.3. The van der Waals surface area contributed by atoms with Crippen LogP contribution in [0.5, 0.6) is 0 Å². The van der Waals surface area contributed by atoms with E-state index in [1.54, 1.807) is 12.3 Å². The van der Waals surface area contributed by atoms with Crippen molar-refractivity contribution in [1.82, 2.24) is 14.7 Å². The van der Waals surface area contributed by atoms with E-state index in [0.717, 1.165) is 32.8 Å². The summed E-state index contributed by atoms with van der Waals surface area (Å²) in [7, 11) is 0. The lowest BCUT2D eigenvalue weighted by Gasteiger charge is -2.29. The largest absolute Gasteiger partial charge is 0.379 e. The molecular weight excluding hydrogens is 292 g/mol. The van der Waals surface area contributed by atoms with Crippen molar-refractivity contribution in [3.05, 3.63) is 34.2 Å². The van der Waals surface area contributed by atoms with E-state index >= 15 is 0 Å². The Bertz CT molecular complexity index is 540. The Kier molecular flexibility index (Phi) is 5.78. The SMILES string of the molecule is C=CCn1ncc(NC(C)CN2CCOCC2)c(Cl)c1=O. The van der Waals surface area contributed by atoms with Gasteiger partial charge in [-0.3, -0.25) is 9.69 Å². The van der Waals surface area contributed by atoms with Crippen LogP contribution >= 0.6 is 11.6 Å². The summed E-state index contributed by atoms with van der Waals surface area (Å²) in [5.74, 6) is 0. The summed E-state index contributed by atoms with van der Waals surface area (Å²) in [6, 6.07) is 0.164. The van der Waals surface area contributed by atoms with E-state index in [-0.39, 0.29) is 16.6 Å². The minimum atomic E-state index is -0.305. The molecule has 0 radical (unpaired) electrons. The zero-order valence-electron chi connectivity index (χ0n) is 12.2. The molecule has 1 fully saturated rings. The van der Waals surface area contributed by atoms with Gasteiger partial charge in [0.1, 0.15) is 5.02 Å². The molecule has 1 N–H and O–H groups in total. The molecule has 6 nitrogen and oxygen atoms in total. The molecule has 1 aliphatic rings. The lowest BCUT2D eigenvalue weighted by Crippen LogP contribution is -2.42. The fourth-order valence-corrected chi connectivity index (χ4v) is 2.50. The molecule has 21 heavy (non-hydrogen) atoms. The molecule has 1 aliphatic heterocycles. The van der Waals surface area contributed by atoms with E-state index in [0.29, 0.717) is 12.2 Å². The molecule has 1 unspecified atom stereocenters. The number of aromatic nitrogens is 2. The van der Waals surface area contributed by atoms with Crippen molar-refractivity contribution in [3.8, 4) is 0 Å². The number of nitrogens with zero attached hydrogens (tertiary/aromatic N) is 3. The number of hydrogen-bond acceptors (Lipinski definition) is 5. The molecule has 7 heteroatoms. The van der Waals surface area contributed by atoms with Gasteiger partial charge >= 0.3 is 0 Å². The van der Waals surface area contributed by atoms with Crippen molar-refractivity contribution < 1.29 is 4.74 Å². The maximum atomic E-state index is 12.0. The lowest BCUT2D eigenvalue weighted by atomic mass is 10.2. The first-order valence-electron chi connectivity index (χ1n) is 7.05. The first-order chi connectivity index (χ1) is 10.1. The van der Waals surface area contributed by atoms with Crippen molar-refractivity contribution in [2.24, 2.45) is 0 Å². The molecule has 0 saturated carbocycles. The first-order valence-corrected chi connectivity index (χ1v) is 7.42. The van der Waals surface area contributed by atoms with E-state index in [1.165, 1.54) is 4.68 Å². The molecule has 1 aromatic rings. The predicted octanol–water partition coefficient (Wildman–Crippen LogP) is 1.22. The van der Waals surface area contributed by atoms with Gasteiger partial charge in [-0.05, 0) is 6.92 Å². The molecule has 2 heterocycles. The minimum Gasteiger partial charge on any atom is -0.379 e. The summed E-state index contributed by atoms with van der Waals surface area (Å²) < 4.78 is 6.61. The number of allylic oxidation sites excluding steroid dienone is 1. The van der Waals surface area contributed by atoms with Gasteiger partial charge in [0.25, 0.3) is 5.56 Å². The third-order valence-corrected chi connectivity index (χ3v) is 3.69. The Hall–Kier alpha value is -1.37. The van der Waals surface area contributed by atoms with Gasteiger partial charge in [-0.1, -0.05) is 17.7 Å². The van der Waals surface area contributed by atoms with Crippen LogP contribution in [0.1, 0.15) is 6.92 Å². The smallest absolute Gasteiger partial charge is 0.287 e. The van der Waals surface area contributed by atoms with E-state index in [2.05, 4.69) is 28.8 Å². The van der Waals surface area contributed by atoms with Gasteiger partial charge < -0.3 is 10.1 Å². The van der Waals surface area contributed by atoms with Crippen LogP contribution < -0.4 is 10.9 Å². The van der Waals surface area contributed by atoms with E-state index in [4.69, 9.17) is 16.3 Å². The fraction of sp³-hybridized carbons (Fsp3) is 0.571. The third kappa shape index (κ3) is 4.30. The van der Waals surface area contributed by atoms with Gasteiger partial charge in [0.15, 0.2) is 0 Å². The van der Waals surface area contributed by atoms with Gasteiger partial charge in [0.05, 0.1) is 31.6 Å². The van der Waals surface area contributed by atoms with Crippen LogP contribution in [0.15, 0.2) is 23.6 Å². The Morgan fingerprint density at radius 2 is 2.29 bits per heavy atom. The summed E-state index contributed by atoms with van der Waals surface area (Å²) in [4.78, 5) is 14.3. The zero-order chi connectivity index (χ0) is 15.2. The third-order valence-electron chi connectivity index (χ3n) is 3.32. The zero-order valence-corrected chi connectivity index (χ0v) is 13.0. The van der Waals surface area contributed by atoms with Gasteiger partial charge in [-0.25, -0.2) is 4.68 Å². The lowest BCUT2D eigenvalue weighted by molar-refractivity contribution is 0.0368. The monoisotopic (exact) mass is 312 g/mol. The fourth-order valence-electron chi connectivity index (χ4n) is 2.30. The Balaban J connectivity index is 2.00. The Labute approximate surface area is 129 Å². The number of ether oxygens (including phenoxy) is 1. The molecule has 1 atom stereocenters. The van der Waals surface area contributed by atoms with Crippen molar-refractivity contribution >= 4 is 17.3 Å². The Morgan fingerprint density at radius 3 is 2.95 bits per heavy atom. The summed E-state index contributed by atoms with van der Waals surface area (Å²) in [6.07, 6.45) is 3.20. The highest BCUT2D eigenvalue weighted by molar-refractivity contribution is 6.32. The maximum Gasteiger partial charge on any atom is 0.287 e. The summed E-state index contributed by atoms with van der Waals surface area (Å²) in [5.41, 5.74) is 0.267. The van der Waals surface area contributed by atoms with Gasteiger partial charge in [0, 0.05) is 25.7 Å². The number of rotatable bonds is 6. The van der Waals surface area contributed by atoms with Gasteiger partial charge in [-0.2, -0.15) is 5.10 Å². The molecule has 0 bridgehead atoms. The second kappa shape index (κ2) is 7.59. The number of morpholine rings is 1. The first kappa shape index (κ1) is 16.0. The molecule has 0 spiro atoms. The molecule has 116 valence electrons. The van der Waals surface area contributed by atoms with Crippen molar-refractivity contribution in [2.45, 2.75) is 19.5 Å². The molecule has 0 aliphatic carbocycles. The average molecular weight is 313 g/mol. The molecular formula is C14H21ClN4O2. The van der Waals surface area contributed by atoms with Crippen molar-refractivity contribution in [1.29, 1.82) is 0 Å². The summed E-state index contributed by atoms with van der Waals surface area (Å²) in [5, 5.41) is 7.50.